The number of hydrogen-bond donors (Lipinski definition) is 0. The van der Waals surface area contributed by atoms with Crippen molar-refractivity contribution in [2.45, 2.75) is 25.8 Å². The van der Waals surface area contributed by atoms with E-state index >= 15 is 0 Å². The van der Waals surface area contributed by atoms with Crippen molar-refractivity contribution in [3.05, 3.63) is 35.9 Å². The number of ether oxygens (including phenoxy) is 1. The van der Waals surface area contributed by atoms with Gasteiger partial charge in [-0.1, -0.05) is 12.6 Å². The fourth-order valence-corrected chi connectivity index (χ4v) is 3.88. The molecule has 0 radical (unpaired) electrons. The number of rotatable bonds is 11. The molecule has 0 bridgehead atoms. The van der Waals surface area contributed by atoms with Crippen molar-refractivity contribution in [2.75, 3.05) is 28.4 Å². The number of carbonyl (C=O) groups is 1. The molecule has 0 saturated heterocycles. The van der Waals surface area contributed by atoms with Crippen LogP contribution in [0.4, 0.5) is 0 Å². The molecule has 0 atom stereocenters. The summed E-state index contributed by atoms with van der Waals surface area (Å²) >= 11 is 0. The summed E-state index contributed by atoms with van der Waals surface area (Å²) in [5.74, 6) is 0.155. The van der Waals surface area contributed by atoms with Gasteiger partial charge in [-0.3, -0.25) is 4.89 Å². The maximum absolute atomic E-state index is 11.4. The van der Waals surface area contributed by atoms with Crippen LogP contribution >= 0.6 is 0 Å². The number of benzene rings is 1. The van der Waals surface area contributed by atoms with E-state index in [9.17, 15) is 4.79 Å². The van der Waals surface area contributed by atoms with Crippen LogP contribution in [0.1, 0.15) is 18.9 Å². The molecule has 0 heterocycles. The quantitative estimate of drug-likeness (QED) is 0.257. The highest BCUT2D eigenvalue weighted by Gasteiger charge is 2.36. The SMILES string of the molecule is C=C(C)C(=O)OOc1ccc(CCC[Si](OC)(OC)OC)cc1OC. The normalized spacial score (nSPS) is 11.1. The molecule has 1 rings (SSSR count). The Morgan fingerprint density at radius 1 is 1.08 bits per heavy atom. The first-order chi connectivity index (χ1) is 11.9. The molecule has 0 N–H and O–H groups in total. The van der Waals surface area contributed by atoms with Gasteiger partial charge in [0.2, 0.25) is 5.75 Å². The topological polar surface area (TPSA) is 72.5 Å². The van der Waals surface area contributed by atoms with E-state index in [4.69, 9.17) is 22.9 Å². The summed E-state index contributed by atoms with van der Waals surface area (Å²) in [6, 6.07) is 6.10. The van der Waals surface area contributed by atoms with Gasteiger partial charge < -0.3 is 18.0 Å². The molecule has 0 aromatic heterocycles. The molecular formula is C17H26O7Si. The fourth-order valence-electron chi connectivity index (χ4n) is 2.16. The lowest BCUT2D eigenvalue weighted by molar-refractivity contribution is -0.209. The molecule has 0 saturated carbocycles. The molecule has 1 aromatic carbocycles. The molecule has 140 valence electrons. The third-order valence-electron chi connectivity index (χ3n) is 3.67. The average Bonchev–Trinajstić information content (AvgIpc) is 2.63. The van der Waals surface area contributed by atoms with Crippen LogP contribution in [0.5, 0.6) is 11.5 Å². The molecule has 0 spiro atoms. The smallest absolute Gasteiger partial charge is 0.493 e. The average molecular weight is 370 g/mol. The Morgan fingerprint density at radius 3 is 2.24 bits per heavy atom. The maximum Gasteiger partial charge on any atom is 0.500 e. The summed E-state index contributed by atoms with van der Waals surface area (Å²) in [5.41, 5.74) is 1.29. The van der Waals surface area contributed by atoms with Crippen molar-refractivity contribution in [3.63, 3.8) is 0 Å². The van der Waals surface area contributed by atoms with Gasteiger partial charge in [-0.05, 0) is 37.5 Å². The zero-order valence-corrected chi connectivity index (χ0v) is 16.4. The highest BCUT2D eigenvalue weighted by Crippen LogP contribution is 2.29. The first-order valence-electron chi connectivity index (χ1n) is 7.78. The highest BCUT2D eigenvalue weighted by atomic mass is 28.4. The minimum Gasteiger partial charge on any atom is -0.493 e. The fraction of sp³-hybridized carbons (Fsp3) is 0.471. The molecule has 0 amide bonds. The van der Waals surface area contributed by atoms with E-state index in [1.807, 2.05) is 12.1 Å². The van der Waals surface area contributed by atoms with E-state index in [1.54, 1.807) is 27.4 Å². The van der Waals surface area contributed by atoms with Crippen LogP contribution in [-0.4, -0.2) is 43.2 Å². The second-order valence-corrected chi connectivity index (χ2v) is 8.46. The van der Waals surface area contributed by atoms with Crippen molar-refractivity contribution < 1.29 is 32.6 Å². The second kappa shape index (κ2) is 10.2. The summed E-state index contributed by atoms with van der Waals surface area (Å²) in [7, 11) is 3.75. The number of methoxy groups -OCH3 is 1. The van der Waals surface area contributed by atoms with E-state index in [1.165, 1.54) is 14.0 Å². The standard InChI is InChI=1S/C17H26O7Si/c1-13(2)17(18)24-23-15-10-9-14(12-16(15)19-3)8-7-11-25(20-4,21-5)22-6/h9-10,12H,1,7-8,11H2,2-6H3. The van der Waals surface area contributed by atoms with Crippen LogP contribution in [0, 0.1) is 0 Å². The van der Waals surface area contributed by atoms with Gasteiger partial charge in [-0.15, -0.1) is 0 Å². The van der Waals surface area contributed by atoms with Gasteiger partial charge in [0.05, 0.1) is 7.11 Å². The van der Waals surface area contributed by atoms with Gasteiger partial charge in [-0.25, -0.2) is 9.68 Å². The Balaban J connectivity index is 2.68. The first kappa shape index (κ1) is 21.2. The van der Waals surface area contributed by atoms with Crippen molar-refractivity contribution >= 4 is 14.8 Å². The molecule has 7 nitrogen and oxygen atoms in total. The lowest BCUT2D eigenvalue weighted by Crippen LogP contribution is -2.42. The monoisotopic (exact) mass is 370 g/mol. The number of aryl methyl sites for hydroxylation is 1. The van der Waals surface area contributed by atoms with E-state index in [0.29, 0.717) is 17.5 Å². The van der Waals surface area contributed by atoms with Crippen LogP contribution in [0.25, 0.3) is 0 Å². The van der Waals surface area contributed by atoms with Gasteiger partial charge in [0.25, 0.3) is 0 Å². The molecule has 25 heavy (non-hydrogen) atoms. The predicted octanol–water partition coefficient (Wildman–Crippen LogP) is 2.92. The van der Waals surface area contributed by atoms with Crippen LogP contribution in [0.2, 0.25) is 6.04 Å². The Hall–Kier alpha value is -1.87. The zero-order chi connectivity index (χ0) is 18.9. The Morgan fingerprint density at radius 2 is 1.72 bits per heavy atom. The summed E-state index contributed by atoms with van der Waals surface area (Å²) in [6.45, 7) is 5.02. The number of hydrogen-bond acceptors (Lipinski definition) is 7. The van der Waals surface area contributed by atoms with Gasteiger partial charge in [0.1, 0.15) is 0 Å². The Labute approximate surface area is 149 Å². The Kier molecular flexibility index (Phi) is 8.63. The van der Waals surface area contributed by atoms with E-state index in [0.717, 1.165) is 18.4 Å². The van der Waals surface area contributed by atoms with Crippen LogP contribution in [-0.2, 0) is 29.4 Å². The van der Waals surface area contributed by atoms with E-state index < -0.39 is 14.8 Å². The molecule has 0 unspecified atom stereocenters. The molecule has 8 heteroatoms. The molecule has 1 aromatic rings. The van der Waals surface area contributed by atoms with E-state index in [-0.39, 0.29) is 5.57 Å². The molecule has 0 aliphatic heterocycles. The van der Waals surface area contributed by atoms with E-state index in [2.05, 4.69) is 11.5 Å². The van der Waals surface area contributed by atoms with Crippen molar-refractivity contribution in [1.29, 1.82) is 0 Å². The van der Waals surface area contributed by atoms with Crippen LogP contribution in [0.3, 0.4) is 0 Å². The van der Waals surface area contributed by atoms with Crippen molar-refractivity contribution in [3.8, 4) is 11.5 Å². The Bertz CT molecular complexity index is 576. The van der Waals surface area contributed by atoms with Gasteiger partial charge >= 0.3 is 14.8 Å². The molecule has 0 aliphatic carbocycles. The lowest BCUT2D eigenvalue weighted by atomic mass is 10.1. The van der Waals surface area contributed by atoms with Crippen LogP contribution in [0.15, 0.2) is 30.4 Å². The maximum atomic E-state index is 11.4. The second-order valence-electron chi connectivity index (χ2n) is 5.37. The van der Waals surface area contributed by atoms with Gasteiger partial charge in [-0.2, -0.15) is 0 Å². The summed E-state index contributed by atoms with van der Waals surface area (Å²) in [5, 5.41) is 0. The van der Waals surface area contributed by atoms with Gasteiger partial charge in [0, 0.05) is 32.9 Å². The summed E-state index contributed by atoms with van der Waals surface area (Å²) in [4.78, 5) is 21.1. The number of carbonyl (C=O) groups excluding carboxylic acids is 1. The zero-order valence-electron chi connectivity index (χ0n) is 15.4. The molecule has 0 fully saturated rings. The van der Waals surface area contributed by atoms with Crippen molar-refractivity contribution in [1.82, 2.24) is 0 Å². The summed E-state index contributed by atoms with van der Waals surface area (Å²) in [6.07, 6.45) is 1.61. The van der Waals surface area contributed by atoms with Crippen molar-refractivity contribution in [2.24, 2.45) is 0 Å². The minimum atomic E-state index is -2.56. The minimum absolute atomic E-state index is 0.248. The molecule has 0 aliphatic rings. The third-order valence-corrected chi connectivity index (χ3v) is 6.50. The van der Waals surface area contributed by atoms with Gasteiger partial charge in [0.15, 0.2) is 5.75 Å². The largest absolute Gasteiger partial charge is 0.500 e. The third kappa shape index (κ3) is 6.17. The first-order valence-corrected chi connectivity index (χ1v) is 9.71. The predicted molar refractivity (Wildman–Crippen MR) is 94.4 cm³/mol. The lowest BCUT2D eigenvalue weighted by Gasteiger charge is -2.24. The molecular weight excluding hydrogens is 344 g/mol. The summed E-state index contributed by atoms with van der Waals surface area (Å²) < 4.78 is 21.5. The highest BCUT2D eigenvalue weighted by molar-refractivity contribution is 6.60. The van der Waals surface area contributed by atoms with Crippen LogP contribution < -0.4 is 9.62 Å².